The number of ether oxygens (including phenoxy) is 1. The van der Waals surface area contributed by atoms with Gasteiger partial charge in [0.2, 0.25) is 0 Å². The molecule has 0 radical (unpaired) electrons. The number of carbonyl (C=O) groups excluding carboxylic acids is 2. The molecule has 0 aromatic heterocycles. The topological polar surface area (TPSA) is 55.4 Å². The van der Waals surface area contributed by atoms with E-state index in [0.29, 0.717) is 16.8 Å². The maximum Gasteiger partial charge on any atom is 0.339 e. The van der Waals surface area contributed by atoms with E-state index in [2.05, 4.69) is 21.2 Å². The molecule has 0 fully saturated rings. The summed E-state index contributed by atoms with van der Waals surface area (Å²) in [6.07, 6.45) is 0. The quantitative estimate of drug-likeness (QED) is 0.526. The Morgan fingerprint density at radius 1 is 0.893 bits per heavy atom. The van der Waals surface area contributed by atoms with Gasteiger partial charge in [0.05, 0.1) is 18.4 Å². The maximum absolute atomic E-state index is 12.9. The van der Waals surface area contributed by atoms with Gasteiger partial charge in [0.25, 0.3) is 5.91 Å². The van der Waals surface area contributed by atoms with Gasteiger partial charge in [-0.15, -0.1) is 0 Å². The summed E-state index contributed by atoms with van der Waals surface area (Å²) in [6, 6.07) is 18.9. The molecule has 0 aliphatic heterocycles. The lowest BCUT2D eigenvalue weighted by molar-refractivity contribution is 0.0602. The lowest BCUT2D eigenvalue weighted by Gasteiger charge is -2.15. The van der Waals surface area contributed by atoms with Crippen LogP contribution in [0.4, 0.5) is 5.69 Å². The van der Waals surface area contributed by atoms with E-state index in [0.717, 1.165) is 26.7 Å². The Morgan fingerprint density at radius 2 is 1.61 bits per heavy atom. The largest absolute Gasteiger partial charge is 0.465 e. The van der Waals surface area contributed by atoms with Crippen molar-refractivity contribution in [3.63, 3.8) is 0 Å². The molecule has 0 unspecified atom stereocenters. The van der Waals surface area contributed by atoms with Crippen molar-refractivity contribution in [3.05, 3.63) is 87.4 Å². The van der Waals surface area contributed by atoms with Gasteiger partial charge in [-0.3, -0.25) is 4.79 Å². The van der Waals surface area contributed by atoms with Crippen molar-refractivity contribution in [1.29, 1.82) is 0 Å². The second kappa shape index (κ2) is 8.40. The van der Waals surface area contributed by atoms with Crippen LogP contribution in [-0.4, -0.2) is 19.0 Å². The fourth-order valence-electron chi connectivity index (χ4n) is 3.05. The summed E-state index contributed by atoms with van der Waals surface area (Å²) in [5, 5.41) is 2.89. The van der Waals surface area contributed by atoms with Crippen LogP contribution in [0.15, 0.2) is 65.1 Å². The van der Waals surface area contributed by atoms with E-state index in [9.17, 15) is 9.59 Å². The molecule has 0 atom stereocenters. The SMILES string of the molecule is COC(=O)c1cc(C)c(-c2ccccc2)cc1NC(=O)c1cc(Br)ccc1C. The highest BCUT2D eigenvalue weighted by Crippen LogP contribution is 2.30. The van der Waals surface area contributed by atoms with Crippen LogP contribution in [0.3, 0.4) is 0 Å². The molecule has 3 aromatic carbocycles. The Kier molecular flexibility index (Phi) is 5.95. The highest BCUT2D eigenvalue weighted by atomic mass is 79.9. The van der Waals surface area contributed by atoms with Crippen molar-refractivity contribution in [2.24, 2.45) is 0 Å². The van der Waals surface area contributed by atoms with E-state index in [1.54, 1.807) is 12.1 Å². The molecule has 5 heteroatoms. The second-order valence-electron chi connectivity index (χ2n) is 6.48. The van der Waals surface area contributed by atoms with Crippen molar-refractivity contribution in [2.75, 3.05) is 12.4 Å². The monoisotopic (exact) mass is 437 g/mol. The molecule has 28 heavy (non-hydrogen) atoms. The van der Waals surface area contributed by atoms with Crippen molar-refractivity contribution in [3.8, 4) is 11.1 Å². The normalized spacial score (nSPS) is 10.4. The van der Waals surface area contributed by atoms with Gasteiger partial charge >= 0.3 is 5.97 Å². The minimum atomic E-state index is -0.496. The second-order valence-corrected chi connectivity index (χ2v) is 7.40. The summed E-state index contributed by atoms with van der Waals surface area (Å²) in [6.45, 7) is 3.80. The first-order valence-electron chi connectivity index (χ1n) is 8.76. The van der Waals surface area contributed by atoms with E-state index in [1.165, 1.54) is 7.11 Å². The smallest absolute Gasteiger partial charge is 0.339 e. The number of nitrogens with one attached hydrogen (secondary N) is 1. The number of anilines is 1. The molecule has 142 valence electrons. The Balaban J connectivity index is 2.08. The number of esters is 1. The lowest BCUT2D eigenvalue weighted by atomic mass is 9.96. The maximum atomic E-state index is 12.9. The number of methoxy groups -OCH3 is 1. The number of halogens is 1. The highest BCUT2D eigenvalue weighted by molar-refractivity contribution is 9.10. The summed E-state index contributed by atoms with van der Waals surface area (Å²) in [7, 11) is 1.33. The van der Waals surface area contributed by atoms with Gasteiger partial charge in [-0.25, -0.2) is 4.79 Å². The average molecular weight is 438 g/mol. The summed E-state index contributed by atoms with van der Waals surface area (Å²) in [4.78, 5) is 25.2. The number of aryl methyl sites for hydroxylation is 2. The number of benzene rings is 3. The molecule has 3 rings (SSSR count). The molecule has 4 nitrogen and oxygen atoms in total. The van der Waals surface area contributed by atoms with Crippen LogP contribution >= 0.6 is 15.9 Å². The molecule has 1 amide bonds. The summed E-state index contributed by atoms with van der Waals surface area (Å²) in [5.41, 5.74) is 4.98. The lowest BCUT2D eigenvalue weighted by Crippen LogP contribution is -2.17. The van der Waals surface area contributed by atoms with Crippen LogP contribution in [0.5, 0.6) is 0 Å². The molecule has 3 aromatic rings. The van der Waals surface area contributed by atoms with Crippen molar-refractivity contribution < 1.29 is 14.3 Å². The van der Waals surface area contributed by atoms with Gasteiger partial charge in [-0.2, -0.15) is 0 Å². The van der Waals surface area contributed by atoms with Crippen LogP contribution in [0, 0.1) is 13.8 Å². The Labute approximate surface area is 172 Å². The minimum absolute atomic E-state index is 0.285. The van der Waals surface area contributed by atoms with E-state index in [1.807, 2.05) is 62.4 Å². The summed E-state index contributed by atoms with van der Waals surface area (Å²) in [5.74, 6) is -0.782. The molecule has 0 aliphatic carbocycles. The summed E-state index contributed by atoms with van der Waals surface area (Å²) >= 11 is 3.40. The average Bonchev–Trinajstić information content (AvgIpc) is 2.70. The Morgan fingerprint density at radius 3 is 2.29 bits per heavy atom. The third-order valence-electron chi connectivity index (χ3n) is 4.55. The van der Waals surface area contributed by atoms with E-state index in [4.69, 9.17) is 4.74 Å². The molecule has 0 bridgehead atoms. The number of amides is 1. The fourth-order valence-corrected chi connectivity index (χ4v) is 3.41. The predicted molar refractivity (Wildman–Crippen MR) is 115 cm³/mol. The first kappa shape index (κ1) is 19.8. The Hall–Kier alpha value is -2.92. The molecular formula is C23H20BrNO3. The van der Waals surface area contributed by atoms with Crippen molar-refractivity contribution in [1.82, 2.24) is 0 Å². The van der Waals surface area contributed by atoms with Crippen LogP contribution in [-0.2, 0) is 4.74 Å². The van der Waals surface area contributed by atoms with Crippen LogP contribution in [0.1, 0.15) is 31.8 Å². The van der Waals surface area contributed by atoms with Crippen LogP contribution in [0.25, 0.3) is 11.1 Å². The van der Waals surface area contributed by atoms with Gasteiger partial charge in [-0.05, 0) is 60.4 Å². The number of rotatable bonds is 4. The van der Waals surface area contributed by atoms with Crippen molar-refractivity contribution >= 4 is 33.5 Å². The van der Waals surface area contributed by atoms with E-state index >= 15 is 0 Å². The van der Waals surface area contributed by atoms with Gasteiger partial charge < -0.3 is 10.1 Å². The first-order chi connectivity index (χ1) is 13.4. The van der Waals surface area contributed by atoms with E-state index < -0.39 is 5.97 Å². The first-order valence-corrected chi connectivity index (χ1v) is 9.56. The standard InChI is InChI=1S/C23H20BrNO3/c1-14-9-10-17(24)12-19(14)22(26)25-21-13-18(16-7-5-4-6-8-16)15(2)11-20(21)23(27)28-3/h4-13H,1-3H3,(H,25,26). The predicted octanol–water partition coefficient (Wildman–Crippen LogP) is 5.77. The minimum Gasteiger partial charge on any atom is -0.465 e. The molecule has 0 heterocycles. The third kappa shape index (κ3) is 4.15. The van der Waals surface area contributed by atoms with Gasteiger partial charge in [0, 0.05) is 10.0 Å². The Bertz CT molecular complexity index is 1050. The van der Waals surface area contributed by atoms with Crippen molar-refractivity contribution in [2.45, 2.75) is 13.8 Å². The molecular weight excluding hydrogens is 418 g/mol. The molecule has 1 N–H and O–H groups in total. The number of hydrogen-bond acceptors (Lipinski definition) is 3. The molecule has 0 spiro atoms. The highest BCUT2D eigenvalue weighted by Gasteiger charge is 2.19. The van der Waals surface area contributed by atoms with E-state index in [-0.39, 0.29) is 5.91 Å². The molecule has 0 aliphatic rings. The van der Waals surface area contributed by atoms with Gasteiger partial charge in [-0.1, -0.05) is 52.3 Å². The van der Waals surface area contributed by atoms with Gasteiger partial charge in [0.15, 0.2) is 0 Å². The van der Waals surface area contributed by atoms with Crippen LogP contribution < -0.4 is 5.32 Å². The molecule has 0 saturated carbocycles. The number of carbonyl (C=O) groups is 2. The summed E-state index contributed by atoms with van der Waals surface area (Å²) < 4.78 is 5.72. The molecule has 0 saturated heterocycles. The zero-order chi connectivity index (χ0) is 20.3. The van der Waals surface area contributed by atoms with Crippen LogP contribution in [0.2, 0.25) is 0 Å². The zero-order valence-electron chi connectivity index (χ0n) is 15.9. The zero-order valence-corrected chi connectivity index (χ0v) is 17.5. The fraction of sp³-hybridized carbons (Fsp3) is 0.130. The third-order valence-corrected chi connectivity index (χ3v) is 5.04. The van der Waals surface area contributed by atoms with Gasteiger partial charge in [0.1, 0.15) is 0 Å². The number of hydrogen-bond donors (Lipinski definition) is 1.